The first kappa shape index (κ1) is 47.0. The molecule has 0 spiro atoms. The second-order valence-corrected chi connectivity index (χ2v) is 14.7. The average molecular weight is 682 g/mol. The van der Waals surface area contributed by atoms with E-state index in [0.717, 1.165) is 38.5 Å². The Balaban J connectivity index is 3.78. The van der Waals surface area contributed by atoms with Crippen LogP contribution in [0.5, 0.6) is 0 Å². The fourth-order valence-electron chi connectivity index (χ4n) is 6.58. The van der Waals surface area contributed by atoms with Crippen LogP contribution in [0.15, 0.2) is 12.2 Å². The minimum atomic E-state index is -1.28. The van der Waals surface area contributed by atoms with E-state index < -0.39 is 36.9 Å². The number of hydrogen-bond donors (Lipinski definition) is 5. The number of allylic oxidation sites excluding steroid dienone is 2. The van der Waals surface area contributed by atoms with Crippen molar-refractivity contribution in [2.75, 3.05) is 6.61 Å². The standard InChI is InChI=1S/C42H83NO5/c1-3-5-7-9-11-13-15-17-19-20-22-23-25-27-29-31-33-35-39(45)41(47)38(37-44)43-42(48)40(46)36-34-32-30-28-26-24-21-18-16-14-12-10-8-6-4-2/h27,29,38-41,44-47H,3-26,28,30-37H2,1-2H3,(H,43,48)/b29-27+. The van der Waals surface area contributed by atoms with Crippen molar-refractivity contribution in [3.63, 3.8) is 0 Å². The molecule has 0 aliphatic rings. The number of aliphatic hydroxyl groups excluding tert-OH is 4. The molecule has 0 aromatic carbocycles. The summed E-state index contributed by atoms with van der Waals surface area (Å²) in [5.41, 5.74) is 0. The zero-order chi connectivity index (χ0) is 35.3. The molecule has 0 aromatic rings. The molecule has 6 nitrogen and oxygen atoms in total. The molecule has 0 saturated carbocycles. The monoisotopic (exact) mass is 682 g/mol. The molecule has 286 valence electrons. The second-order valence-electron chi connectivity index (χ2n) is 14.7. The molecule has 0 aliphatic carbocycles. The molecule has 0 aliphatic heterocycles. The lowest BCUT2D eigenvalue weighted by molar-refractivity contribution is -0.132. The topological polar surface area (TPSA) is 110 Å². The molecule has 0 rings (SSSR count). The molecule has 0 aromatic heterocycles. The van der Waals surface area contributed by atoms with E-state index in [1.807, 2.05) is 0 Å². The van der Waals surface area contributed by atoms with E-state index >= 15 is 0 Å². The van der Waals surface area contributed by atoms with Crippen LogP contribution in [0.2, 0.25) is 0 Å². The highest BCUT2D eigenvalue weighted by Gasteiger charge is 2.28. The molecule has 0 saturated heterocycles. The SMILES string of the molecule is CCCCCCCCCCCCCC/C=C/CCCC(O)C(O)C(CO)NC(=O)C(O)CCCCCCCCCCCCCCCCC. The van der Waals surface area contributed by atoms with E-state index in [0.29, 0.717) is 12.8 Å². The number of nitrogens with one attached hydrogen (secondary N) is 1. The summed E-state index contributed by atoms with van der Waals surface area (Å²) in [4.78, 5) is 12.5. The Kier molecular flexibility index (Phi) is 36.6. The van der Waals surface area contributed by atoms with Crippen molar-refractivity contribution in [1.82, 2.24) is 5.32 Å². The molecule has 0 heterocycles. The molecule has 0 bridgehead atoms. The zero-order valence-corrected chi connectivity index (χ0v) is 32.0. The van der Waals surface area contributed by atoms with Gasteiger partial charge in [0.1, 0.15) is 12.2 Å². The third-order valence-electron chi connectivity index (χ3n) is 9.98. The van der Waals surface area contributed by atoms with Crippen molar-refractivity contribution < 1.29 is 25.2 Å². The Bertz CT molecular complexity index is 687. The first-order valence-corrected chi connectivity index (χ1v) is 21.1. The third-order valence-corrected chi connectivity index (χ3v) is 9.98. The van der Waals surface area contributed by atoms with E-state index in [-0.39, 0.29) is 0 Å². The highest BCUT2D eigenvalue weighted by molar-refractivity contribution is 5.80. The Labute approximate surface area is 298 Å². The van der Waals surface area contributed by atoms with Gasteiger partial charge in [-0.25, -0.2) is 0 Å². The predicted octanol–water partition coefficient (Wildman–Crippen LogP) is 10.6. The van der Waals surface area contributed by atoms with Gasteiger partial charge in [-0.05, 0) is 38.5 Å². The summed E-state index contributed by atoms with van der Waals surface area (Å²) >= 11 is 0. The number of hydrogen-bond acceptors (Lipinski definition) is 5. The van der Waals surface area contributed by atoms with Gasteiger partial charge in [-0.2, -0.15) is 0 Å². The Morgan fingerprint density at radius 2 is 0.854 bits per heavy atom. The Morgan fingerprint density at radius 3 is 1.25 bits per heavy atom. The number of carbonyl (C=O) groups excluding carboxylic acids is 1. The molecule has 4 atom stereocenters. The summed E-state index contributed by atoms with van der Waals surface area (Å²) in [6.45, 7) is 4.04. The molecular weight excluding hydrogens is 598 g/mol. The maximum absolute atomic E-state index is 12.5. The van der Waals surface area contributed by atoms with Crippen LogP contribution in [-0.2, 0) is 4.79 Å². The van der Waals surface area contributed by atoms with Crippen LogP contribution in [0.25, 0.3) is 0 Å². The molecule has 48 heavy (non-hydrogen) atoms. The van der Waals surface area contributed by atoms with Gasteiger partial charge in [0, 0.05) is 0 Å². The van der Waals surface area contributed by atoms with Crippen molar-refractivity contribution in [1.29, 1.82) is 0 Å². The summed E-state index contributed by atoms with van der Waals surface area (Å²) in [6.07, 6.45) is 39.5. The van der Waals surface area contributed by atoms with Crippen molar-refractivity contribution >= 4 is 5.91 Å². The largest absolute Gasteiger partial charge is 0.394 e. The molecule has 1 amide bonds. The lowest BCUT2D eigenvalue weighted by atomic mass is 10.00. The quantitative estimate of drug-likeness (QED) is 0.0329. The third kappa shape index (κ3) is 31.1. The molecule has 0 fully saturated rings. The fraction of sp³-hybridized carbons (Fsp3) is 0.929. The van der Waals surface area contributed by atoms with Crippen molar-refractivity contribution in [2.45, 2.75) is 244 Å². The van der Waals surface area contributed by atoms with Crippen LogP contribution in [-0.4, -0.2) is 57.3 Å². The van der Waals surface area contributed by atoms with Crippen LogP contribution >= 0.6 is 0 Å². The Hall–Kier alpha value is -0.950. The van der Waals surface area contributed by atoms with Crippen molar-refractivity contribution in [2.24, 2.45) is 0 Å². The van der Waals surface area contributed by atoms with Gasteiger partial charge < -0.3 is 25.7 Å². The average Bonchev–Trinajstić information content (AvgIpc) is 3.09. The van der Waals surface area contributed by atoms with Gasteiger partial charge in [-0.15, -0.1) is 0 Å². The summed E-state index contributed by atoms with van der Waals surface area (Å²) in [6, 6.07) is -0.996. The van der Waals surface area contributed by atoms with E-state index in [9.17, 15) is 25.2 Å². The number of rotatable bonds is 38. The minimum Gasteiger partial charge on any atom is -0.394 e. The van der Waals surface area contributed by atoms with E-state index in [2.05, 4.69) is 31.3 Å². The van der Waals surface area contributed by atoms with Crippen LogP contribution < -0.4 is 5.32 Å². The zero-order valence-electron chi connectivity index (χ0n) is 32.0. The normalized spacial score (nSPS) is 14.4. The Morgan fingerprint density at radius 1 is 0.500 bits per heavy atom. The van der Waals surface area contributed by atoms with Gasteiger partial charge >= 0.3 is 0 Å². The van der Waals surface area contributed by atoms with Crippen LogP contribution in [0, 0.1) is 0 Å². The molecular formula is C42H83NO5. The summed E-state index contributed by atoms with van der Waals surface area (Å²) < 4.78 is 0. The van der Waals surface area contributed by atoms with Crippen molar-refractivity contribution in [3.05, 3.63) is 12.2 Å². The lowest BCUT2D eigenvalue weighted by Crippen LogP contribution is -2.53. The van der Waals surface area contributed by atoms with Gasteiger partial charge in [0.25, 0.3) is 0 Å². The van der Waals surface area contributed by atoms with Crippen LogP contribution in [0.1, 0.15) is 219 Å². The van der Waals surface area contributed by atoms with Gasteiger partial charge in [-0.3, -0.25) is 4.79 Å². The molecule has 5 N–H and O–H groups in total. The number of carbonyl (C=O) groups is 1. The van der Waals surface area contributed by atoms with Crippen molar-refractivity contribution in [3.8, 4) is 0 Å². The van der Waals surface area contributed by atoms with Gasteiger partial charge in [0.15, 0.2) is 0 Å². The molecule has 0 radical (unpaired) electrons. The van der Waals surface area contributed by atoms with Crippen LogP contribution in [0.4, 0.5) is 0 Å². The highest BCUT2D eigenvalue weighted by atomic mass is 16.3. The smallest absolute Gasteiger partial charge is 0.249 e. The summed E-state index contributed by atoms with van der Waals surface area (Å²) in [5.74, 6) is -0.591. The summed E-state index contributed by atoms with van der Waals surface area (Å²) in [5, 5.41) is 43.6. The minimum absolute atomic E-state index is 0.368. The maximum atomic E-state index is 12.5. The van der Waals surface area contributed by atoms with Gasteiger partial charge in [-0.1, -0.05) is 193 Å². The lowest BCUT2D eigenvalue weighted by Gasteiger charge is -2.27. The number of unbranched alkanes of at least 4 members (excludes halogenated alkanes) is 27. The highest BCUT2D eigenvalue weighted by Crippen LogP contribution is 2.16. The first-order valence-electron chi connectivity index (χ1n) is 21.1. The molecule has 4 unspecified atom stereocenters. The van der Waals surface area contributed by atoms with Gasteiger partial charge in [0.2, 0.25) is 5.91 Å². The fourth-order valence-corrected chi connectivity index (χ4v) is 6.58. The number of aliphatic hydroxyl groups is 4. The predicted molar refractivity (Wildman–Crippen MR) is 205 cm³/mol. The maximum Gasteiger partial charge on any atom is 0.249 e. The van der Waals surface area contributed by atoms with Crippen LogP contribution in [0.3, 0.4) is 0 Å². The second kappa shape index (κ2) is 37.3. The van der Waals surface area contributed by atoms with Gasteiger partial charge in [0.05, 0.1) is 18.8 Å². The molecule has 6 heteroatoms. The summed E-state index contributed by atoms with van der Waals surface area (Å²) in [7, 11) is 0. The first-order chi connectivity index (χ1) is 23.5. The number of amides is 1. The van der Waals surface area contributed by atoms with E-state index in [1.54, 1.807) is 0 Å². The van der Waals surface area contributed by atoms with E-state index in [1.165, 1.54) is 154 Å². The van der Waals surface area contributed by atoms with E-state index in [4.69, 9.17) is 0 Å².